The molecule has 0 aliphatic rings. The topological polar surface area (TPSA) is 73.1 Å². The van der Waals surface area contributed by atoms with E-state index in [1.165, 1.54) is 0 Å². The zero-order chi connectivity index (χ0) is 20.2. The Hall–Kier alpha value is -3.09. The van der Waals surface area contributed by atoms with Crippen LogP contribution in [-0.2, 0) is 6.42 Å². The molecular formula is C21H16Cl2N4O2. The predicted octanol–water partition coefficient (Wildman–Crippen LogP) is 5.86. The van der Waals surface area contributed by atoms with Crippen LogP contribution in [0.25, 0.3) is 11.4 Å². The summed E-state index contributed by atoms with van der Waals surface area (Å²) in [7, 11) is 1.79. The molecule has 0 aliphatic carbocycles. The molecule has 0 bridgehead atoms. The van der Waals surface area contributed by atoms with E-state index in [0.29, 0.717) is 45.5 Å². The SMILES string of the molecule is CNc1ncccc1-c1noc(Cc2cccc(Oc3ccc(Cl)cc3)c2Cl)n1. The Balaban J connectivity index is 1.56. The second-order valence-corrected chi connectivity index (χ2v) is 6.94. The minimum absolute atomic E-state index is 0.374. The summed E-state index contributed by atoms with van der Waals surface area (Å²) in [6, 6.07) is 16.3. The van der Waals surface area contributed by atoms with Crippen LogP contribution >= 0.6 is 23.2 Å². The van der Waals surface area contributed by atoms with Crippen LogP contribution in [0.15, 0.2) is 65.3 Å². The molecule has 0 saturated carbocycles. The fourth-order valence-electron chi connectivity index (χ4n) is 2.79. The summed E-state index contributed by atoms with van der Waals surface area (Å²) in [6.07, 6.45) is 2.07. The maximum Gasteiger partial charge on any atom is 0.231 e. The monoisotopic (exact) mass is 426 g/mol. The number of halogens is 2. The molecule has 8 heteroatoms. The summed E-state index contributed by atoms with van der Waals surface area (Å²) >= 11 is 12.5. The predicted molar refractivity (Wildman–Crippen MR) is 113 cm³/mol. The fraction of sp³-hybridized carbons (Fsp3) is 0.0952. The van der Waals surface area contributed by atoms with Gasteiger partial charge in [0.15, 0.2) is 0 Å². The number of nitrogens with zero attached hydrogens (tertiary/aromatic N) is 3. The Morgan fingerprint density at radius 2 is 1.86 bits per heavy atom. The standard InChI is InChI=1S/C21H16Cl2N4O2/c1-24-20-16(5-3-11-25-20)21-26-18(29-27-21)12-13-4-2-6-17(19(13)23)28-15-9-7-14(22)8-10-15/h2-11H,12H2,1H3,(H,24,25). The van der Waals surface area contributed by atoms with E-state index in [9.17, 15) is 0 Å². The van der Waals surface area contributed by atoms with Gasteiger partial charge < -0.3 is 14.6 Å². The number of pyridine rings is 1. The fourth-order valence-corrected chi connectivity index (χ4v) is 3.14. The van der Waals surface area contributed by atoms with Crippen molar-refractivity contribution in [3.63, 3.8) is 0 Å². The third-order valence-corrected chi connectivity index (χ3v) is 4.86. The van der Waals surface area contributed by atoms with Gasteiger partial charge in [-0.3, -0.25) is 0 Å². The first kappa shape index (κ1) is 19.2. The highest BCUT2D eigenvalue weighted by atomic mass is 35.5. The van der Waals surface area contributed by atoms with Gasteiger partial charge in [0.2, 0.25) is 11.7 Å². The van der Waals surface area contributed by atoms with Crippen LogP contribution in [-0.4, -0.2) is 22.2 Å². The van der Waals surface area contributed by atoms with E-state index in [4.69, 9.17) is 32.5 Å². The second-order valence-electron chi connectivity index (χ2n) is 6.12. The Kier molecular flexibility index (Phi) is 5.64. The smallest absolute Gasteiger partial charge is 0.231 e. The van der Waals surface area contributed by atoms with Crippen molar-refractivity contribution in [3.8, 4) is 22.9 Å². The lowest BCUT2D eigenvalue weighted by molar-refractivity contribution is 0.385. The van der Waals surface area contributed by atoms with Crippen LogP contribution in [0.4, 0.5) is 5.82 Å². The van der Waals surface area contributed by atoms with Gasteiger partial charge in [0.25, 0.3) is 0 Å². The number of aromatic nitrogens is 3. The van der Waals surface area contributed by atoms with Crippen molar-refractivity contribution < 1.29 is 9.26 Å². The average molecular weight is 427 g/mol. The summed E-state index contributed by atoms with van der Waals surface area (Å²) in [4.78, 5) is 8.74. The highest BCUT2D eigenvalue weighted by Gasteiger charge is 2.15. The van der Waals surface area contributed by atoms with E-state index in [2.05, 4.69) is 20.4 Å². The van der Waals surface area contributed by atoms with Crippen LogP contribution < -0.4 is 10.1 Å². The largest absolute Gasteiger partial charge is 0.456 e. The minimum atomic E-state index is 0.374. The summed E-state index contributed by atoms with van der Waals surface area (Å²) < 4.78 is 11.3. The molecule has 2 aromatic carbocycles. The van der Waals surface area contributed by atoms with E-state index < -0.39 is 0 Å². The molecule has 2 aromatic heterocycles. The highest BCUT2D eigenvalue weighted by molar-refractivity contribution is 6.33. The molecule has 2 heterocycles. The second kappa shape index (κ2) is 8.51. The van der Waals surface area contributed by atoms with Crippen molar-refractivity contribution in [2.45, 2.75) is 6.42 Å². The normalized spacial score (nSPS) is 10.7. The van der Waals surface area contributed by atoms with Gasteiger partial charge in [0.1, 0.15) is 17.3 Å². The molecule has 0 fully saturated rings. The number of nitrogens with one attached hydrogen (secondary N) is 1. The van der Waals surface area contributed by atoms with Gasteiger partial charge in [-0.05, 0) is 48.0 Å². The molecule has 29 heavy (non-hydrogen) atoms. The average Bonchev–Trinajstić information content (AvgIpc) is 3.21. The number of ether oxygens (including phenoxy) is 1. The first-order valence-electron chi connectivity index (χ1n) is 8.80. The van der Waals surface area contributed by atoms with Crippen molar-refractivity contribution in [2.75, 3.05) is 12.4 Å². The van der Waals surface area contributed by atoms with Crippen molar-refractivity contribution in [2.24, 2.45) is 0 Å². The lowest BCUT2D eigenvalue weighted by Gasteiger charge is -2.10. The lowest BCUT2D eigenvalue weighted by Crippen LogP contribution is -1.96. The molecule has 4 rings (SSSR count). The van der Waals surface area contributed by atoms with Gasteiger partial charge in [-0.25, -0.2) is 4.98 Å². The number of hydrogen-bond acceptors (Lipinski definition) is 6. The van der Waals surface area contributed by atoms with Crippen LogP contribution in [0.5, 0.6) is 11.5 Å². The molecule has 146 valence electrons. The third-order valence-electron chi connectivity index (χ3n) is 4.18. The molecule has 0 aliphatic heterocycles. The van der Waals surface area contributed by atoms with Crippen LogP contribution in [0, 0.1) is 0 Å². The molecule has 1 N–H and O–H groups in total. The van der Waals surface area contributed by atoms with Crippen molar-refractivity contribution in [1.29, 1.82) is 0 Å². The van der Waals surface area contributed by atoms with E-state index >= 15 is 0 Å². The van der Waals surface area contributed by atoms with Crippen molar-refractivity contribution in [3.05, 3.63) is 82.3 Å². The Morgan fingerprint density at radius 1 is 1.03 bits per heavy atom. The maximum atomic E-state index is 6.55. The van der Waals surface area contributed by atoms with Gasteiger partial charge >= 0.3 is 0 Å². The van der Waals surface area contributed by atoms with Gasteiger partial charge in [0.05, 0.1) is 17.0 Å². The summed E-state index contributed by atoms with van der Waals surface area (Å²) in [5.74, 6) is 2.76. The molecule has 4 aromatic rings. The molecule has 6 nitrogen and oxygen atoms in total. The van der Waals surface area contributed by atoms with Gasteiger partial charge in [-0.2, -0.15) is 4.98 Å². The van der Waals surface area contributed by atoms with Crippen LogP contribution in [0.2, 0.25) is 10.0 Å². The Bertz CT molecular complexity index is 1130. The van der Waals surface area contributed by atoms with E-state index in [1.54, 1.807) is 43.6 Å². The van der Waals surface area contributed by atoms with Crippen molar-refractivity contribution >= 4 is 29.0 Å². The highest BCUT2D eigenvalue weighted by Crippen LogP contribution is 2.33. The zero-order valence-corrected chi connectivity index (χ0v) is 16.9. The van der Waals surface area contributed by atoms with Gasteiger partial charge in [0, 0.05) is 18.3 Å². The number of benzene rings is 2. The molecule has 0 unspecified atom stereocenters. The van der Waals surface area contributed by atoms with Crippen LogP contribution in [0.1, 0.15) is 11.5 Å². The molecule has 0 atom stereocenters. The van der Waals surface area contributed by atoms with Crippen molar-refractivity contribution in [1.82, 2.24) is 15.1 Å². The van der Waals surface area contributed by atoms with E-state index in [-0.39, 0.29) is 0 Å². The van der Waals surface area contributed by atoms with E-state index in [1.807, 2.05) is 24.3 Å². The third kappa shape index (κ3) is 4.34. The summed E-state index contributed by atoms with van der Waals surface area (Å²) in [6.45, 7) is 0. The van der Waals surface area contributed by atoms with Gasteiger partial charge in [-0.15, -0.1) is 0 Å². The Morgan fingerprint density at radius 3 is 2.66 bits per heavy atom. The quantitative estimate of drug-likeness (QED) is 0.415. The first-order chi connectivity index (χ1) is 14.1. The summed E-state index contributed by atoms with van der Waals surface area (Å²) in [5.41, 5.74) is 1.57. The Labute approximate surface area is 177 Å². The molecule has 0 radical (unpaired) electrons. The molecular weight excluding hydrogens is 411 g/mol. The zero-order valence-electron chi connectivity index (χ0n) is 15.4. The molecule has 0 saturated heterocycles. The van der Waals surface area contributed by atoms with Gasteiger partial charge in [-0.1, -0.05) is 40.5 Å². The minimum Gasteiger partial charge on any atom is -0.456 e. The lowest BCUT2D eigenvalue weighted by atomic mass is 10.1. The van der Waals surface area contributed by atoms with E-state index in [0.717, 1.165) is 11.1 Å². The number of hydrogen-bond donors (Lipinski definition) is 1. The first-order valence-corrected chi connectivity index (χ1v) is 9.56. The molecule has 0 amide bonds. The maximum absolute atomic E-state index is 6.55. The van der Waals surface area contributed by atoms with Crippen LogP contribution in [0.3, 0.4) is 0 Å². The number of anilines is 1. The summed E-state index contributed by atoms with van der Waals surface area (Å²) in [5, 5.41) is 8.21. The molecule has 0 spiro atoms. The number of rotatable bonds is 6.